The molecule has 0 radical (unpaired) electrons. The van der Waals surface area contributed by atoms with E-state index < -0.39 is 0 Å². The van der Waals surface area contributed by atoms with Crippen LogP contribution in [-0.2, 0) is 0 Å². The number of nitrogens with zero attached hydrogens (tertiary/aromatic N) is 1. The fourth-order valence-electron chi connectivity index (χ4n) is 2.16. The maximum Gasteiger partial charge on any atom is 0.0360 e. The molecule has 0 bridgehead atoms. The van der Waals surface area contributed by atoms with Crippen LogP contribution in [0.3, 0.4) is 0 Å². The normalized spacial score (nSPS) is 22.0. The van der Waals surface area contributed by atoms with Gasteiger partial charge in [0.25, 0.3) is 0 Å². The third-order valence-corrected chi connectivity index (χ3v) is 3.10. The second-order valence-electron chi connectivity index (χ2n) is 4.25. The molecule has 76 valence electrons. The predicted molar refractivity (Wildman–Crippen MR) is 60.4 cm³/mol. The van der Waals surface area contributed by atoms with Gasteiger partial charge in [-0.3, -0.25) is 4.90 Å². The van der Waals surface area contributed by atoms with Crippen LogP contribution in [0.5, 0.6) is 0 Å². The molecule has 2 rings (SSSR count). The summed E-state index contributed by atoms with van der Waals surface area (Å²) >= 11 is 0. The van der Waals surface area contributed by atoms with Gasteiger partial charge in [0.15, 0.2) is 0 Å². The van der Waals surface area contributed by atoms with Gasteiger partial charge in [-0.25, -0.2) is 0 Å². The summed E-state index contributed by atoms with van der Waals surface area (Å²) in [5.41, 5.74) is 2.85. The summed E-state index contributed by atoms with van der Waals surface area (Å²) in [6.45, 7) is 6.93. The van der Waals surface area contributed by atoms with E-state index in [2.05, 4.69) is 43.0 Å². The van der Waals surface area contributed by atoms with Crippen LogP contribution >= 0.6 is 0 Å². The highest BCUT2D eigenvalue weighted by molar-refractivity contribution is 5.25. The monoisotopic (exact) mass is 189 g/mol. The van der Waals surface area contributed by atoms with E-state index in [0.717, 1.165) is 0 Å². The van der Waals surface area contributed by atoms with E-state index >= 15 is 0 Å². The Balaban J connectivity index is 2.04. The van der Waals surface area contributed by atoms with Crippen molar-refractivity contribution in [1.29, 1.82) is 0 Å². The molecule has 1 nitrogen and oxygen atoms in total. The highest BCUT2D eigenvalue weighted by atomic mass is 15.2. The Kier molecular flexibility index (Phi) is 2.87. The Morgan fingerprint density at radius 2 is 2.00 bits per heavy atom. The Labute approximate surface area is 86.7 Å². The first-order valence-electron chi connectivity index (χ1n) is 5.62. The highest BCUT2D eigenvalue weighted by Gasteiger charge is 2.27. The van der Waals surface area contributed by atoms with E-state index in [9.17, 15) is 0 Å². The third-order valence-electron chi connectivity index (χ3n) is 3.10. The number of likely N-dealkylation sites (tertiary alicyclic amines) is 1. The second-order valence-corrected chi connectivity index (χ2v) is 4.25. The molecule has 0 saturated carbocycles. The van der Waals surface area contributed by atoms with Crippen molar-refractivity contribution < 1.29 is 0 Å². The molecule has 14 heavy (non-hydrogen) atoms. The molecule has 0 amide bonds. The van der Waals surface area contributed by atoms with Gasteiger partial charge in [-0.15, -0.1) is 0 Å². The largest absolute Gasteiger partial charge is 0.296 e. The average molecular weight is 189 g/mol. The summed E-state index contributed by atoms with van der Waals surface area (Å²) in [5.74, 6) is 0. The molecule has 1 saturated heterocycles. The van der Waals surface area contributed by atoms with Crippen molar-refractivity contribution in [3.63, 3.8) is 0 Å². The van der Waals surface area contributed by atoms with Crippen LogP contribution in [0.15, 0.2) is 24.3 Å². The van der Waals surface area contributed by atoms with Crippen LogP contribution in [-0.4, -0.2) is 18.0 Å². The highest BCUT2D eigenvalue weighted by Crippen LogP contribution is 2.32. The lowest BCUT2D eigenvalue weighted by Crippen LogP contribution is -2.41. The maximum atomic E-state index is 2.57. The minimum absolute atomic E-state index is 0.704. The topological polar surface area (TPSA) is 3.24 Å². The molecule has 1 atom stereocenters. The Morgan fingerprint density at radius 1 is 1.29 bits per heavy atom. The maximum absolute atomic E-state index is 2.57. The number of aryl methyl sites for hydroxylation is 1. The number of rotatable bonds is 3. The molecule has 1 aliphatic rings. The smallest absolute Gasteiger partial charge is 0.0360 e. The molecule has 1 fully saturated rings. The van der Waals surface area contributed by atoms with Crippen LogP contribution < -0.4 is 0 Å². The minimum Gasteiger partial charge on any atom is -0.296 e. The lowest BCUT2D eigenvalue weighted by Gasteiger charge is -2.41. The quantitative estimate of drug-likeness (QED) is 0.706. The molecule has 0 spiro atoms. The van der Waals surface area contributed by atoms with Crippen molar-refractivity contribution in [1.82, 2.24) is 4.90 Å². The SMILES string of the molecule is CCCN1CCC1c1ccc(C)cc1. The van der Waals surface area contributed by atoms with E-state index in [1.807, 2.05) is 0 Å². The van der Waals surface area contributed by atoms with Crippen molar-refractivity contribution in [3.05, 3.63) is 35.4 Å². The van der Waals surface area contributed by atoms with Crippen LogP contribution in [0.1, 0.15) is 36.9 Å². The van der Waals surface area contributed by atoms with Gasteiger partial charge >= 0.3 is 0 Å². The molecule has 1 heteroatoms. The molecule has 1 heterocycles. The molecule has 1 aromatic rings. The molecule has 0 N–H and O–H groups in total. The van der Waals surface area contributed by atoms with E-state index in [4.69, 9.17) is 0 Å². The fourth-order valence-corrected chi connectivity index (χ4v) is 2.16. The van der Waals surface area contributed by atoms with Gasteiger partial charge in [0.2, 0.25) is 0 Å². The first-order chi connectivity index (χ1) is 6.81. The lowest BCUT2D eigenvalue weighted by atomic mass is 9.94. The Morgan fingerprint density at radius 3 is 2.50 bits per heavy atom. The molecule has 0 aliphatic carbocycles. The Bertz CT molecular complexity index is 289. The van der Waals surface area contributed by atoms with E-state index in [0.29, 0.717) is 6.04 Å². The fraction of sp³-hybridized carbons (Fsp3) is 0.538. The van der Waals surface area contributed by atoms with Crippen molar-refractivity contribution in [2.24, 2.45) is 0 Å². The summed E-state index contributed by atoms with van der Waals surface area (Å²) in [7, 11) is 0. The van der Waals surface area contributed by atoms with Gasteiger partial charge in [-0.2, -0.15) is 0 Å². The number of hydrogen-bond donors (Lipinski definition) is 0. The first kappa shape index (κ1) is 9.72. The third kappa shape index (κ3) is 1.83. The van der Waals surface area contributed by atoms with Crippen LogP contribution in [0.2, 0.25) is 0 Å². The summed E-state index contributed by atoms with van der Waals surface area (Å²) in [5, 5.41) is 0. The van der Waals surface area contributed by atoms with Crippen molar-refractivity contribution in [3.8, 4) is 0 Å². The zero-order valence-corrected chi connectivity index (χ0v) is 9.16. The molecule has 1 unspecified atom stereocenters. The summed E-state index contributed by atoms with van der Waals surface area (Å²) in [6, 6.07) is 9.70. The molecular formula is C13H19N. The molecule has 1 aliphatic heterocycles. The number of hydrogen-bond acceptors (Lipinski definition) is 1. The van der Waals surface area contributed by atoms with Crippen LogP contribution in [0, 0.1) is 6.92 Å². The summed E-state index contributed by atoms with van der Waals surface area (Å²) in [4.78, 5) is 2.57. The van der Waals surface area contributed by atoms with Crippen LogP contribution in [0.25, 0.3) is 0 Å². The van der Waals surface area contributed by atoms with Gasteiger partial charge in [0.1, 0.15) is 0 Å². The molecule has 0 aromatic heterocycles. The number of benzene rings is 1. The van der Waals surface area contributed by atoms with Crippen molar-refractivity contribution >= 4 is 0 Å². The van der Waals surface area contributed by atoms with Gasteiger partial charge in [-0.1, -0.05) is 36.8 Å². The summed E-state index contributed by atoms with van der Waals surface area (Å²) < 4.78 is 0. The van der Waals surface area contributed by atoms with Crippen LogP contribution in [0.4, 0.5) is 0 Å². The van der Waals surface area contributed by atoms with Gasteiger partial charge in [-0.05, 0) is 31.9 Å². The van der Waals surface area contributed by atoms with E-state index in [1.54, 1.807) is 0 Å². The standard InChI is InChI=1S/C13H19N/c1-3-9-14-10-8-13(14)12-6-4-11(2)5-7-12/h4-7,13H,3,8-10H2,1-2H3. The molecular weight excluding hydrogens is 170 g/mol. The van der Waals surface area contributed by atoms with E-state index in [-0.39, 0.29) is 0 Å². The summed E-state index contributed by atoms with van der Waals surface area (Å²) in [6.07, 6.45) is 2.60. The van der Waals surface area contributed by atoms with Gasteiger partial charge in [0.05, 0.1) is 0 Å². The zero-order valence-electron chi connectivity index (χ0n) is 9.16. The minimum atomic E-state index is 0.704. The van der Waals surface area contributed by atoms with Crippen molar-refractivity contribution in [2.45, 2.75) is 32.7 Å². The first-order valence-corrected chi connectivity index (χ1v) is 5.62. The second kappa shape index (κ2) is 4.14. The molecule has 1 aromatic carbocycles. The van der Waals surface area contributed by atoms with Crippen molar-refractivity contribution in [2.75, 3.05) is 13.1 Å². The zero-order chi connectivity index (χ0) is 9.97. The van der Waals surface area contributed by atoms with Gasteiger partial charge in [0, 0.05) is 12.6 Å². The Hall–Kier alpha value is -0.820. The lowest BCUT2D eigenvalue weighted by molar-refractivity contribution is 0.0911. The van der Waals surface area contributed by atoms with E-state index in [1.165, 1.54) is 37.1 Å². The average Bonchev–Trinajstić information content (AvgIpc) is 2.16. The van der Waals surface area contributed by atoms with Gasteiger partial charge < -0.3 is 0 Å². The predicted octanol–water partition coefficient (Wildman–Crippen LogP) is 3.15.